The lowest BCUT2D eigenvalue weighted by Crippen LogP contribution is -2.41. The molecule has 0 heterocycles. The minimum atomic E-state index is -0.168. The standard InChI is InChI=1S/C12H23NOS/c1-4-10(7-9-5-6-9)13-12(14)11(15)8(2)3/h8-11,15H,4-7H2,1-3H3,(H,13,14). The number of carbonyl (C=O) groups is 1. The first-order valence-corrected chi connectivity index (χ1v) is 6.54. The summed E-state index contributed by atoms with van der Waals surface area (Å²) in [5, 5.41) is 2.94. The molecule has 0 saturated heterocycles. The molecule has 1 fully saturated rings. The van der Waals surface area contributed by atoms with Gasteiger partial charge in [-0.1, -0.05) is 33.6 Å². The van der Waals surface area contributed by atoms with E-state index < -0.39 is 0 Å². The topological polar surface area (TPSA) is 29.1 Å². The van der Waals surface area contributed by atoms with Gasteiger partial charge in [-0.2, -0.15) is 12.6 Å². The molecule has 0 aromatic carbocycles. The van der Waals surface area contributed by atoms with Crippen molar-refractivity contribution in [3.8, 4) is 0 Å². The van der Waals surface area contributed by atoms with E-state index in [4.69, 9.17) is 0 Å². The fourth-order valence-electron chi connectivity index (χ4n) is 1.67. The number of rotatable bonds is 6. The van der Waals surface area contributed by atoms with Gasteiger partial charge in [0.15, 0.2) is 0 Å². The molecule has 0 aromatic heterocycles. The van der Waals surface area contributed by atoms with Gasteiger partial charge in [-0.25, -0.2) is 0 Å². The number of hydrogen-bond donors (Lipinski definition) is 2. The van der Waals surface area contributed by atoms with E-state index in [0.717, 1.165) is 18.8 Å². The summed E-state index contributed by atoms with van der Waals surface area (Å²) >= 11 is 4.33. The quantitative estimate of drug-likeness (QED) is 0.674. The van der Waals surface area contributed by atoms with Crippen LogP contribution >= 0.6 is 12.6 Å². The van der Waals surface area contributed by atoms with Gasteiger partial charge in [0, 0.05) is 6.04 Å². The molecule has 1 N–H and O–H groups in total. The maximum Gasteiger partial charge on any atom is 0.233 e. The Morgan fingerprint density at radius 2 is 2.07 bits per heavy atom. The second-order valence-electron chi connectivity index (χ2n) is 4.98. The smallest absolute Gasteiger partial charge is 0.233 e. The highest BCUT2D eigenvalue weighted by atomic mass is 32.1. The van der Waals surface area contributed by atoms with Crippen molar-refractivity contribution in [3.63, 3.8) is 0 Å². The van der Waals surface area contributed by atoms with Gasteiger partial charge in [0.25, 0.3) is 0 Å². The van der Waals surface area contributed by atoms with Crippen LogP contribution in [-0.4, -0.2) is 17.2 Å². The van der Waals surface area contributed by atoms with Crippen molar-refractivity contribution in [3.05, 3.63) is 0 Å². The number of thiol groups is 1. The third-order valence-electron chi connectivity index (χ3n) is 3.05. The number of amides is 1. The third kappa shape index (κ3) is 4.45. The molecule has 2 unspecified atom stereocenters. The molecule has 1 aliphatic carbocycles. The Bertz CT molecular complexity index is 214. The van der Waals surface area contributed by atoms with Crippen molar-refractivity contribution < 1.29 is 4.79 Å². The Hall–Kier alpha value is -0.180. The normalized spacial score (nSPS) is 20.1. The van der Waals surface area contributed by atoms with Crippen LogP contribution in [0.1, 0.15) is 46.5 Å². The van der Waals surface area contributed by atoms with Crippen LogP contribution in [0.4, 0.5) is 0 Å². The largest absolute Gasteiger partial charge is 0.352 e. The molecule has 0 radical (unpaired) electrons. The highest BCUT2D eigenvalue weighted by molar-refractivity contribution is 7.81. The van der Waals surface area contributed by atoms with E-state index in [-0.39, 0.29) is 11.2 Å². The molecule has 2 nitrogen and oxygen atoms in total. The zero-order valence-corrected chi connectivity index (χ0v) is 10.9. The summed E-state index contributed by atoms with van der Waals surface area (Å²) in [7, 11) is 0. The number of nitrogens with one attached hydrogen (secondary N) is 1. The van der Waals surface area contributed by atoms with E-state index in [0.29, 0.717) is 12.0 Å². The second kappa shape index (κ2) is 5.78. The lowest BCUT2D eigenvalue weighted by Gasteiger charge is -2.21. The molecule has 1 aliphatic rings. The van der Waals surface area contributed by atoms with Gasteiger partial charge in [0.05, 0.1) is 5.25 Å². The summed E-state index contributed by atoms with van der Waals surface area (Å²) in [6.45, 7) is 6.19. The summed E-state index contributed by atoms with van der Waals surface area (Å²) in [5.74, 6) is 1.26. The summed E-state index contributed by atoms with van der Waals surface area (Å²) in [6, 6.07) is 0.360. The highest BCUT2D eigenvalue weighted by Gasteiger charge is 2.27. The molecule has 88 valence electrons. The molecular weight excluding hydrogens is 206 g/mol. The van der Waals surface area contributed by atoms with Crippen LogP contribution in [0.5, 0.6) is 0 Å². The van der Waals surface area contributed by atoms with E-state index >= 15 is 0 Å². The van der Waals surface area contributed by atoms with Gasteiger partial charge in [0.1, 0.15) is 0 Å². The Morgan fingerprint density at radius 1 is 1.47 bits per heavy atom. The van der Waals surface area contributed by atoms with E-state index in [1.165, 1.54) is 12.8 Å². The molecule has 3 heteroatoms. The maximum atomic E-state index is 11.8. The molecular formula is C12H23NOS. The summed E-state index contributed by atoms with van der Waals surface area (Å²) in [5.41, 5.74) is 0. The van der Waals surface area contributed by atoms with Crippen LogP contribution in [-0.2, 0) is 4.79 Å². The molecule has 0 aliphatic heterocycles. The van der Waals surface area contributed by atoms with Crippen LogP contribution in [0.3, 0.4) is 0 Å². The Labute approximate surface area is 98.6 Å². The minimum absolute atomic E-state index is 0.0980. The number of hydrogen-bond acceptors (Lipinski definition) is 2. The fourth-order valence-corrected chi connectivity index (χ4v) is 1.75. The van der Waals surface area contributed by atoms with Crippen molar-refractivity contribution in [1.29, 1.82) is 0 Å². The Balaban J connectivity index is 2.32. The Kier molecular flexibility index (Phi) is 4.97. The summed E-state index contributed by atoms with van der Waals surface area (Å²) < 4.78 is 0. The molecule has 0 spiro atoms. The van der Waals surface area contributed by atoms with Crippen LogP contribution in [0, 0.1) is 11.8 Å². The van der Waals surface area contributed by atoms with Crippen LogP contribution in [0.2, 0.25) is 0 Å². The van der Waals surface area contributed by atoms with E-state index in [9.17, 15) is 4.79 Å². The minimum Gasteiger partial charge on any atom is -0.352 e. The zero-order chi connectivity index (χ0) is 11.4. The van der Waals surface area contributed by atoms with Gasteiger partial charge in [0.2, 0.25) is 5.91 Å². The summed E-state index contributed by atoms with van der Waals surface area (Å²) in [6.07, 6.45) is 4.88. The van der Waals surface area contributed by atoms with Crippen molar-refractivity contribution in [2.24, 2.45) is 11.8 Å². The predicted octanol–water partition coefficient (Wildman–Crippen LogP) is 2.64. The van der Waals surface area contributed by atoms with Crippen LogP contribution in [0.25, 0.3) is 0 Å². The third-order valence-corrected chi connectivity index (χ3v) is 3.88. The van der Waals surface area contributed by atoms with Gasteiger partial charge < -0.3 is 5.32 Å². The van der Waals surface area contributed by atoms with Crippen LogP contribution < -0.4 is 5.32 Å². The van der Waals surface area contributed by atoms with Crippen molar-refractivity contribution >= 4 is 18.5 Å². The lowest BCUT2D eigenvalue weighted by molar-refractivity contribution is -0.122. The van der Waals surface area contributed by atoms with Crippen molar-refractivity contribution in [2.75, 3.05) is 0 Å². The molecule has 0 bridgehead atoms. The first-order valence-electron chi connectivity index (χ1n) is 6.03. The van der Waals surface area contributed by atoms with E-state index in [1.807, 2.05) is 13.8 Å². The molecule has 0 aromatic rings. The lowest BCUT2D eigenvalue weighted by atomic mass is 10.1. The van der Waals surface area contributed by atoms with Crippen molar-refractivity contribution in [2.45, 2.75) is 57.7 Å². The molecule has 1 amide bonds. The van der Waals surface area contributed by atoms with E-state index in [2.05, 4.69) is 24.9 Å². The first kappa shape index (κ1) is 12.9. The zero-order valence-electron chi connectivity index (χ0n) is 9.99. The molecule has 15 heavy (non-hydrogen) atoms. The maximum absolute atomic E-state index is 11.8. The van der Waals surface area contributed by atoms with E-state index in [1.54, 1.807) is 0 Å². The number of carbonyl (C=O) groups excluding carboxylic acids is 1. The van der Waals surface area contributed by atoms with Gasteiger partial charge in [-0.05, 0) is 24.7 Å². The summed E-state index contributed by atoms with van der Waals surface area (Å²) in [4.78, 5) is 11.8. The average Bonchev–Trinajstić information content (AvgIpc) is 2.99. The first-order chi connectivity index (χ1) is 7.04. The second-order valence-corrected chi connectivity index (χ2v) is 5.54. The monoisotopic (exact) mass is 229 g/mol. The van der Waals surface area contributed by atoms with Gasteiger partial charge in [-0.3, -0.25) is 4.79 Å². The average molecular weight is 229 g/mol. The molecule has 2 atom stereocenters. The van der Waals surface area contributed by atoms with Crippen LogP contribution in [0.15, 0.2) is 0 Å². The SMILES string of the molecule is CCC(CC1CC1)NC(=O)C(S)C(C)C. The Morgan fingerprint density at radius 3 is 2.47 bits per heavy atom. The molecule has 1 saturated carbocycles. The predicted molar refractivity (Wildman–Crippen MR) is 67.2 cm³/mol. The fraction of sp³-hybridized carbons (Fsp3) is 0.917. The molecule has 1 rings (SSSR count). The van der Waals surface area contributed by atoms with Gasteiger partial charge in [-0.15, -0.1) is 0 Å². The van der Waals surface area contributed by atoms with Crippen molar-refractivity contribution in [1.82, 2.24) is 5.32 Å². The van der Waals surface area contributed by atoms with Gasteiger partial charge >= 0.3 is 0 Å². The highest BCUT2D eigenvalue weighted by Crippen LogP contribution is 2.34.